The number of carbonyl (C=O) groups is 2. The minimum atomic E-state index is -0.728. The first-order chi connectivity index (χ1) is 14.5. The van der Waals surface area contributed by atoms with Crippen molar-refractivity contribution in [3.63, 3.8) is 0 Å². The second-order valence-corrected chi connectivity index (χ2v) is 7.13. The maximum Gasteiger partial charge on any atom is 0.238 e. The molecule has 0 atom stereocenters. The number of piperidine rings is 1. The minimum absolute atomic E-state index is 0.0874. The molecular formula is C21H19F2N3O4. The largest absolute Gasteiger partial charge is 0.461 e. The molecule has 0 unspecified atom stereocenters. The lowest BCUT2D eigenvalue weighted by Gasteiger charge is -2.31. The van der Waals surface area contributed by atoms with E-state index in [1.807, 2.05) is 0 Å². The maximum absolute atomic E-state index is 13.9. The number of aryl methyl sites for hydroxylation is 1. The van der Waals surface area contributed by atoms with Crippen molar-refractivity contribution in [2.75, 3.05) is 13.1 Å². The minimum Gasteiger partial charge on any atom is -0.461 e. The van der Waals surface area contributed by atoms with E-state index < -0.39 is 23.3 Å². The fourth-order valence-electron chi connectivity index (χ4n) is 3.53. The van der Waals surface area contributed by atoms with Crippen molar-refractivity contribution in [1.29, 1.82) is 0 Å². The number of benzene rings is 1. The Bertz CT molecular complexity index is 1040. The van der Waals surface area contributed by atoms with Gasteiger partial charge in [0.1, 0.15) is 11.6 Å². The zero-order valence-corrected chi connectivity index (χ0v) is 16.0. The lowest BCUT2D eigenvalue weighted by atomic mass is 9.88. The average Bonchev–Trinajstić information content (AvgIpc) is 3.45. The van der Waals surface area contributed by atoms with Gasteiger partial charge in [-0.15, -0.1) is 0 Å². The van der Waals surface area contributed by atoms with Crippen LogP contribution in [0.4, 0.5) is 8.78 Å². The molecular weight excluding hydrogens is 396 g/mol. The second kappa shape index (κ2) is 8.56. The highest BCUT2D eigenvalue weighted by molar-refractivity contribution is 5.98. The van der Waals surface area contributed by atoms with Crippen molar-refractivity contribution in [3.05, 3.63) is 59.7 Å². The zero-order valence-electron chi connectivity index (χ0n) is 16.0. The van der Waals surface area contributed by atoms with E-state index in [0.29, 0.717) is 49.8 Å². The highest BCUT2D eigenvalue weighted by Crippen LogP contribution is 2.24. The Kier molecular flexibility index (Phi) is 5.69. The molecule has 1 saturated heterocycles. The van der Waals surface area contributed by atoms with E-state index in [9.17, 15) is 18.4 Å². The molecule has 2 aromatic heterocycles. The number of hydrogen-bond donors (Lipinski definition) is 0. The maximum atomic E-state index is 13.9. The summed E-state index contributed by atoms with van der Waals surface area (Å²) in [6.07, 6.45) is 2.80. The number of carbonyl (C=O) groups excluding carboxylic acids is 2. The Morgan fingerprint density at radius 1 is 1.17 bits per heavy atom. The van der Waals surface area contributed by atoms with Crippen LogP contribution >= 0.6 is 0 Å². The second-order valence-electron chi connectivity index (χ2n) is 7.13. The lowest BCUT2D eigenvalue weighted by Crippen LogP contribution is -2.40. The molecule has 7 nitrogen and oxygen atoms in total. The van der Waals surface area contributed by atoms with Crippen molar-refractivity contribution in [2.45, 2.75) is 25.7 Å². The molecule has 156 valence electrons. The number of nitrogens with zero attached hydrogens (tertiary/aromatic N) is 3. The summed E-state index contributed by atoms with van der Waals surface area (Å²) < 4.78 is 37.5. The van der Waals surface area contributed by atoms with Crippen molar-refractivity contribution in [1.82, 2.24) is 15.0 Å². The Morgan fingerprint density at radius 3 is 2.70 bits per heavy atom. The van der Waals surface area contributed by atoms with Crippen molar-refractivity contribution in [3.8, 4) is 11.6 Å². The van der Waals surface area contributed by atoms with E-state index in [4.69, 9.17) is 8.94 Å². The lowest BCUT2D eigenvalue weighted by molar-refractivity contribution is -0.132. The molecule has 0 spiro atoms. The van der Waals surface area contributed by atoms with Crippen molar-refractivity contribution < 1.29 is 27.3 Å². The molecule has 0 radical (unpaired) electrons. The fourth-order valence-corrected chi connectivity index (χ4v) is 3.53. The van der Waals surface area contributed by atoms with E-state index >= 15 is 0 Å². The summed E-state index contributed by atoms with van der Waals surface area (Å²) in [5.41, 5.74) is -0.233. The van der Waals surface area contributed by atoms with Gasteiger partial charge in [-0.25, -0.2) is 8.78 Å². The van der Waals surface area contributed by atoms with Crippen LogP contribution in [-0.4, -0.2) is 39.8 Å². The van der Waals surface area contributed by atoms with Crippen molar-refractivity contribution >= 4 is 11.7 Å². The van der Waals surface area contributed by atoms with Gasteiger partial charge < -0.3 is 13.8 Å². The molecule has 3 heterocycles. The Hall–Kier alpha value is -3.36. The van der Waals surface area contributed by atoms with Crippen LogP contribution in [0.25, 0.3) is 11.6 Å². The van der Waals surface area contributed by atoms with E-state index in [0.717, 1.165) is 18.2 Å². The molecule has 0 aliphatic carbocycles. The molecule has 0 saturated carbocycles. The number of halogens is 2. The molecule has 1 fully saturated rings. The monoisotopic (exact) mass is 415 g/mol. The molecule has 30 heavy (non-hydrogen) atoms. The summed E-state index contributed by atoms with van der Waals surface area (Å²) in [5, 5.41) is 3.82. The summed E-state index contributed by atoms with van der Waals surface area (Å²) in [4.78, 5) is 30.9. The van der Waals surface area contributed by atoms with Crippen LogP contribution in [0.2, 0.25) is 0 Å². The number of Topliss-reactive ketones (excluding diaryl/α,β-unsaturated/α-hetero) is 1. The average molecular weight is 415 g/mol. The number of aromatic nitrogens is 2. The van der Waals surface area contributed by atoms with Gasteiger partial charge in [0.15, 0.2) is 11.5 Å². The SMILES string of the molecule is O=C(c1cc(F)ccc1F)C1CCN(C(=O)CCc2nc(-c3ccco3)no2)CC1. The van der Waals surface area contributed by atoms with E-state index in [-0.39, 0.29) is 17.9 Å². The first kappa shape index (κ1) is 19.9. The van der Waals surface area contributed by atoms with Gasteiger partial charge in [-0.2, -0.15) is 4.98 Å². The smallest absolute Gasteiger partial charge is 0.238 e. The van der Waals surface area contributed by atoms with E-state index in [1.54, 1.807) is 17.0 Å². The number of amides is 1. The molecule has 0 bridgehead atoms. The summed E-state index contributed by atoms with van der Waals surface area (Å²) in [7, 11) is 0. The van der Waals surface area contributed by atoms with Gasteiger partial charge in [-0.3, -0.25) is 9.59 Å². The molecule has 0 N–H and O–H groups in total. The molecule has 1 aromatic carbocycles. The third-order valence-corrected chi connectivity index (χ3v) is 5.17. The number of hydrogen-bond acceptors (Lipinski definition) is 6. The first-order valence-electron chi connectivity index (χ1n) is 9.65. The Morgan fingerprint density at radius 2 is 1.97 bits per heavy atom. The summed E-state index contributed by atoms with van der Waals surface area (Å²) in [6, 6.07) is 6.29. The summed E-state index contributed by atoms with van der Waals surface area (Å²) in [6.45, 7) is 0.765. The van der Waals surface area contributed by atoms with Crippen LogP contribution in [0, 0.1) is 17.6 Å². The number of rotatable bonds is 6. The van der Waals surface area contributed by atoms with Gasteiger partial charge in [0, 0.05) is 31.8 Å². The van der Waals surface area contributed by atoms with Gasteiger partial charge in [0.25, 0.3) is 0 Å². The number of furan rings is 1. The number of likely N-dealkylation sites (tertiary alicyclic amines) is 1. The molecule has 4 rings (SSSR count). The zero-order chi connectivity index (χ0) is 21.1. The first-order valence-corrected chi connectivity index (χ1v) is 9.65. The third kappa shape index (κ3) is 4.29. The normalized spacial score (nSPS) is 14.8. The molecule has 1 amide bonds. The topological polar surface area (TPSA) is 89.4 Å². The van der Waals surface area contributed by atoms with Gasteiger partial charge in [0.2, 0.25) is 17.6 Å². The van der Waals surface area contributed by atoms with Crippen LogP contribution in [0.3, 0.4) is 0 Å². The Labute approximate surface area is 170 Å². The Balaban J connectivity index is 1.28. The van der Waals surface area contributed by atoms with Gasteiger partial charge in [0.05, 0.1) is 11.8 Å². The molecule has 1 aliphatic rings. The van der Waals surface area contributed by atoms with Crippen LogP contribution in [0.15, 0.2) is 45.5 Å². The van der Waals surface area contributed by atoms with Crippen LogP contribution in [0.1, 0.15) is 35.5 Å². The van der Waals surface area contributed by atoms with Gasteiger partial charge in [-0.05, 0) is 43.2 Å². The predicted molar refractivity (Wildman–Crippen MR) is 100 cm³/mol. The highest BCUT2D eigenvalue weighted by Gasteiger charge is 2.29. The summed E-state index contributed by atoms with van der Waals surface area (Å²) >= 11 is 0. The highest BCUT2D eigenvalue weighted by atomic mass is 19.1. The van der Waals surface area contributed by atoms with E-state index in [2.05, 4.69) is 10.1 Å². The quantitative estimate of drug-likeness (QED) is 0.571. The van der Waals surface area contributed by atoms with Gasteiger partial charge >= 0.3 is 0 Å². The molecule has 1 aliphatic heterocycles. The fraction of sp³-hybridized carbons (Fsp3) is 0.333. The van der Waals surface area contributed by atoms with Crippen LogP contribution < -0.4 is 0 Å². The van der Waals surface area contributed by atoms with Crippen LogP contribution in [0.5, 0.6) is 0 Å². The van der Waals surface area contributed by atoms with Crippen molar-refractivity contribution in [2.24, 2.45) is 5.92 Å². The van der Waals surface area contributed by atoms with Gasteiger partial charge in [-0.1, -0.05) is 5.16 Å². The molecule has 9 heteroatoms. The molecule has 3 aromatic rings. The number of ketones is 1. The summed E-state index contributed by atoms with van der Waals surface area (Å²) in [5.74, 6) is -1.18. The van der Waals surface area contributed by atoms with E-state index in [1.165, 1.54) is 6.26 Å². The predicted octanol–water partition coefficient (Wildman–Crippen LogP) is 3.66. The third-order valence-electron chi connectivity index (χ3n) is 5.17. The standard InChI is InChI=1S/C21H19F2N3O4/c22-14-3-4-16(23)15(12-14)20(28)13-7-9-26(10-8-13)19(27)6-5-18-24-21(25-30-18)17-2-1-11-29-17/h1-4,11-13H,5-10H2. The van der Waals surface area contributed by atoms with Crippen LogP contribution in [-0.2, 0) is 11.2 Å².